The van der Waals surface area contributed by atoms with Crippen molar-refractivity contribution in [2.24, 2.45) is 0 Å². The van der Waals surface area contributed by atoms with Gasteiger partial charge in [-0.3, -0.25) is 4.79 Å². The van der Waals surface area contributed by atoms with Gasteiger partial charge in [0.05, 0.1) is 5.69 Å². The molecule has 2 aromatic carbocycles. The Kier molecular flexibility index (Phi) is 4.68. The monoisotopic (exact) mass is 341 g/mol. The lowest BCUT2D eigenvalue weighted by Crippen LogP contribution is -2.20. The minimum absolute atomic E-state index is 0.0891. The molecule has 0 unspecified atom stereocenters. The van der Waals surface area contributed by atoms with Gasteiger partial charge in [-0.05, 0) is 40.2 Å². The van der Waals surface area contributed by atoms with E-state index < -0.39 is 17.5 Å². The highest BCUT2D eigenvalue weighted by Crippen LogP contribution is 2.21. The fraction of sp³-hybridized carbons (Fsp3) is 0.0714. The van der Waals surface area contributed by atoms with Gasteiger partial charge in [-0.25, -0.2) is 8.78 Å². The molecule has 0 fully saturated rings. The molecule has 1 N–H and O–H groups in total. The summed E-state index contributed by atoms with van der Waals surface area (Å²) < 4.78 is 31.5. The van der Waals surface area contributed by atoms with Gasteiger partial charge in [0, 0.05) is 10.5 Å². The minimum atomic E-state index is -1.02. The van der Waals surface area contributed by atoms with Crippen LogP contribution in [0.15, 0.2) is 46.9 Å². The first kappa shape index (κ1) is 14.5. The van der Waals surface area contributed by atoms with Crippen molar-refractivity contribution < 1.29 is 18.3 Å². The maximum Gasteiger partial charge on any atom is 0.262 e. The molecule has 20 heavy (non-hydrogen) atoms. The molecule has 0 saturated heterocycles. The number of hydrogen-bond acceptors (Lipinski definition) is 2. The smallest absolute Gasteiger partial charge is 0.262 e. The number of hydrogen-bond donors (Lipinski definition) is 1. The van der Waals surface area contributed by atoms with Gasteiger partial charge in [0.2, 0.25) is 0 Å². The standard InChI is InChI=1S/C14H10BrF2NO2/c15-10-3-1-2-4-13(10)18-14(19)8-20-9-5-6-11(16)12(17)7-9/h1-7H,8H2,(H,18,19). The van der Waals surface area contributed by atoms with E-state index in [1.165, 1.54) is 6.07 Å². The van der Waals surface area contributed by atoms with Gasteiger partial charge in [-0.15, -0.1) is 0 Å². The first-order valence-electron chi connectivity index (χ1n) is 5.68. The molecule has 0 aromatic heterocycles. The first-order chi connectivity index (χ1) is 9.56. The van der Waals surface area contributed by atoms with E-state index in [0.29, 0.717) is 5.69 Å². The van der Waals surface area contributed by atoms with Crippen LogP contribution in [0.4, 0.5) is 14.5 Å². The molecular weight excluding hydrogens is 332 g/mol. The second-order valence-corrected chi connectivity index (χ2v) is 4.75. The van der Waals surface area contributed by atoms with Crippen LogP contribution >= 0.6 is 15.9 Å². The van der Waals surface area contributed by atoms with Crippen LogP contribution < -0.4 is 10.1 Å². The number of carbonyl (C=O) groups is 1. The van der Waals surface area contributed by atoms with Crippen molar-refractivity contribution in [2.75, 3.05) is 11.9 Å². The van der Waals surface area contributed by atoms with Crippen molar-refractivity contribution in [1.29, 1.82) is 0 Å². The second kappa shape index (κ2) is 6.47. The highest BCUT2D eigenvalue weighted by molar-refractivity contribution is 9.10. The number of para-hydroxylation sites is 1. The third-order valence-corrected chi connectivity index (χ3v) is 3.10. The van der Waals surface area contributed by atoms with E-state index in [4.69, 9.17) is 4.74 Å². The lowest BCUT2D eigenvalue weighted by atomic mass is 10.3. The van der Waals surface area contributed by atoms with Crippen LogP contribution in [0, 0.1) is 11.6 Å². The van der Waals surface area contributed by atoms with E-state index >= 15 is 0 Å². The summed E-state index contributed by atoms with van der Waals surface area (Å²) >= 11 is 3.29. The first-order valence-corrected chi connectivity index (χ1v) is 6.48. The average molecular weight is 342 g/mol. The van der Waals surface area contributed by atoms with Crippen LogP contribution in [0.2, 0.25) is 0 Å². The van der Waals surface area contributed by atoms with Gasteiger partial charge in [0.1, 0.15) is 5.75 Å². The molecular formula is C14H10BrF2NO2. The Bertz CT molecular complexity index is 634. The summed E-state index contributed by atoms with van der Waals surface area (Å²) in [7, 11) is 0. The van der Waals surface area contributed by atoms with Crippen molar-refractivity contribution in [1.82, 2.24) is 0 Å². The molecule has 3 nitrogen and oxygen atoms in total. The summed E-state index contributed by atoms with van der Waals surface area (Å²) in [6.07, 6.45) is 0. The molecule has 0 aliphatic carbocycles. The zero-order chi connectivity index (χ0) is 14.5. The SMILES string of the molecule is O=C(COc1ccc(F)c(F)c1)Nc1ccccc1Br. The molecule has 0 bridgehead atoms. The Morgan fingerprint density at radius 3 is 2.60 bits per heavy atom. The summed E-state index contributed by atoms with van der Waals surface area (Å²) in [5.41, 5.74) is 0.603. The lowest BCUT2D eigenvalue weighted by molar-refractivity contribution is -0.118. The van der Waals surface area contributed by atoms with Gasteiger partial charge in [-0.2, -0.15) is 0 Å². The second-order valence-electron chi connectivity index (χ2n) is 3.89. The molecule has 0 spiro atoms. The molecule has 0 heterocycles. The number of amides is 1. The number of anilines is 1. The number of rotatable bonds is 4. The van der Waals surface area contributed by atoms with Crippen LogP contribution in [0.3, 0.4) is 0 Å². The van der Waals surface area contributed by atoms with Crippen LogP contribution in [-0.2, 0) is 4.79 Å². The normalized spacial score (nSPS) is 10.2. The highest BCUT2D eigenvalue weighted by atomic mass is 79.9. The molecule has 2 rings (SSSR count). The Morgan fingerprint density at radius 1 is 1.15 bits per heavy atom. The van der Waals surface area contributed by atoms with Gasteiger partial charge in [-0.1, -0.05) is 12.1 Å². The van der Waals surface area contributed by atoms with Gasteiger partial charge < -0.3 is 10.1 Å². The molecule has 0 saturated carbocycles. The number of ether oxygens (including phenoxy) is 1. The molecule has 2 aromatic rings. The van der Waals surface area contributed by atoms with Crippen LogP contribution in [0.1, 0.15) is 0 Å². The van der Waals surface area contributed by atoms with Gasteiger partial charge >= 0.3 is 0 Å². The van der Waals surface area contributed by atoms with Gasteiger partial charge in [0.15, 0.2) is 18.2 Å². The highest BCUT2D eigenvalue weighted by Gasteiger charge is 2.08. The molecule has 1 amide bonds. The largest absolute Gasteiger partial charge is 0.484 e. The fourth-order valence-corrected chi connectivity index (χ4v) is 1.85. The Morgan fingerprint density at radius 2 is 1.90 bits per heavy atom. The zero-order valence-electron chi connectivity index (χ0n) is 10.2. The average Bonchev–Trinajstić information content (AvgIpc) is 2.43. The van der Waals surface area contributed by atoms with Crippen LogP contribution in [0.5, 0.6) is 5.75 Å². The van der Waals surface area contributed by atoms with E-state index in [1.807, 2.05) is 6.07 Å². The molecule has 0 aliphatic rings. The van der Waals surface area contributed by atoms with E-state index in [1.54, 1.807) is 18.2 Å². The predicted octanol–water partition coefficient (Wildman–Crippen LogP) is 3.74. The van der Waals surface area contributed by atoms with E-state index in [2.05, 4.69) is 21.2 Å². The molecule has 6 heteroatoms. The fourth-order valence-electron chi connectivity index (χ4n) is 1.46. The number of carbonyl (C=O) groups excluding carboxylic acids is 1. The molecule has 0 radical (unpaired) electrons. The predicted molar refractivity (Wildman–Crippen MR) is 74.6 cm³/mol. The number of halogens is 3. The Labute approximate surface area is 122 Å². The summed E-state index contributed by atoms with van der Waals surface area (Å²) in [6.45, 7) is -0.299. The topological polar surface area (TPSA) is 38.3 Å². The Balaban J connectivity index is 1.92. The maximum absolute atomic E-state index is 12.9. The maximum atomic E-state index is 12.9. The van der Waals surface area contributed by atoms with E-state index in [0.717, 1.165) is 16.6 Å². The third-order valence-electron chi connectivity index (χ3n) is 2.41. The van der Waals surface area contributed by atoms with Crippen molar-refractivity contribution in [3.8, 4) is 5.75 Å². The zero-order valence-corrected chi connectivity index (χ0v) is 11.8. The van der Waals surface area contributed by atoms with Crippen molar-refractivity contribution in [3.63, 3.8) is 0 Å². The quantitative estimate of drug-likeness (QED) is 0.919. The number of nitrogens with one attached hydrogen (secondary N) is 1. The van der Waals surface area contributed by atoms with E-state index in [-0.39, 0.29) is 12.4 Å². The van der Waals surface area contributed by atoms with Crippen LogP contribution in [0.25, 0.3) is 0 Å². The summed E-state index contributed by atoms with van der Waals surface area (Å²) in [5.74, 6) is -2.29. The summed E-state index contributed by atoms with van der Waals surface area (Å²) in [5, 5.41) is 2.63. The van der Waals surface area contributed by atoms with Crippen molar-refractivity contribution in [3.05, 3.63) is 58.6 Å². The third kappa shape index (κ3) is 3.77. The molecule has 0 atom stereocenters. The van der Waals surface area contributed by atoms with Gasteiger partial charge in [0.25, 0.3) is 5.91 Å². The van der Waals surface area contributed by atoms with Crippen molar-refractivity contribution >= 4 is 27.5 Å². The number of benzene rings is 2. The molecule has 104 valence electrons. The summed E-state index contributed by atoms with van der Waals surface area (Å²) in [6, 6.07) is 10.2. The summed E-state index contributed by atoms with van der Waals surface area (Å²) in [4.78, 5) is 11.7. The minimum Gasteiger partial charge on any atom is -0.484 e. The molecule has 0 aliphatic heterocycles. The van der Waals surface area contributed by atoms with Crippen LogP contribution in [-0.4, -0.2) is 12.5 Å². The Hall–Kier alpha value is -1.95. The van der Waals surface area contributed by atoms with Crippen molar-refractivity contribution in [2.45, 2.75) is 0 Å². The lowest BCUT2D eigenvalue weighted by Gasteiger charge is -2.08. The van der Waals surface area contributed by atoms with E-state index in [9.17, 15) is 13.6 Å².